The SMILES string of the molecule is C1=C[C@@H]2C=C[C@@H]2C=CN1. The zero-order chi connectivity index (χ0) is 6.10. The van der Waals surface area contributed by atoms with Crippen molar-refractivity contribution in [3.05, 3.63) is 36.7 Å². The standard InChI is InChI=1S/C8H9N/c1-2-8-4-6-9-5-3-7(1)8/h1-9H/t7-,8+. The summed E-state index contributed by atoms with van der Waals surface area (Å²) in [7, 11) is 0. The third-order valence-corrected chi connectivity index (χ3v) is 1.83. The second-order valence-electron chi connectivity index (χ2n) is 2.42. The Hall–Kier alpha value is -0.980. The number of hydrogen-bond donors (Lipinski definition) is 1. The second kappa shape index (κ2) is 1.76. The molecule has 0 spiro atoms. The van der Waals surface area contributed by atoms with Gasteiger partial charge in [0, 0.05) is 11.8 Å². The highest BCUT2D eigenvalue weighted by atomic mass is 14.8. The molecule has 0 saturated carbocycles. The van der Waals surface area contributed by atoms with Crippen molar-refractivity contribution in [2.24, 2.45) is 11.8 Å². The molecule has 0 aromatic carbocycles. The Morgan fingerprint density at radius 2 is 1.33 bits per heavy atom. The largest absolute Gasteiger partial charge is 0.368 e. The molecule has 0 saturated heterocycles. The summed E-state index contributed by atoms with van der Waals surface area (Å²) in [5.74, 6) is 1.33. The first-order valence-electron chi connectivity index (χ1n) is 3.24. The zero-order valence-electron chi connectivity index (χ0n) is 5.12. The molecule has 1 aliphatic heterocycles. The molecule has 0 amide bonds. The van der Waals surface area contributed by atoms with E-state index in [2.05, 4.69) is 29.6 Å². The van der Waals surface area contributed by atoms with Gasteiger partial charge in [-0.25, -0.2) is 0 Å². The lowest BCUT2D eigenvalue weighted by molar-refractivity contribution is 0.612. The van der Waals surface area contributed by atoms with Crippen LogP contribution in [0.15, 0.2) is 36.7 Å². The first-order valence-corrected chi connectivity index (χ1v) is 3.24. The van der Waals surface area contributed by atoms with Crippen LogP contribution in [0.5, 0.6) is 0 Å². The van der Waals surface area contributed by atoms with Gasteiger partial charge in [0.2, 0.25) is 0 Å². The average Bonchev–Trinajstić information content (AvgIpc) is 1.94. The maximum Gasteiger partial charge on any atom is 0.00623 e. The molecule has 0 radical (unpaired) electrons. The molecule has 9 heavy (non-hydrogen) atoms. The minimum absolute atomic E-state index is 0.663. The van der Waals surface area contributed by atoms with E-state index in [0.717, 1.165) is 0 Å². The fourth-order valence-electron chi connectivity index (χ4n) is 1.14. The number of fused-ring (bicyclic) bond motifs is 1. The molecule has 1 aliphatic carbocycles. The van der Waals surface area contributed by atoms with Crippen LogP contribution >= 0.6 is 0 Å². The van der Waals surface area contributed by atoms with Gasteiger partial charge in [-0.1, -0.05) is 24.3 Å². The quantitative estimate of drug-likeness (QED) is 0.475. The van der Waals surface area contributed by atoms with E-state index in [0.29, 0.717) is 11.8 Å². The van der Waals surface area contributed by atoms with Gasteiger partial charge in [0.25, 0.3) is 0 Å². The number of allylic oxidation sites excluding steroid dienone is 4. The van der Waals surface area contributed by atoms with Gasteiger partial charge in [-0.15, -0.1) is 0 Å². The summed E-state index contributed by atoms with van der Waals surface area (Å²) in [6.45, 7) is 0. The summed E-state index contributed by atoms with van der Waals surface area (Å²) < 4.78 is 0. The minimum Gasteiger partial charge on any atom is -0.368 e. The first kappa shape index (κ1) is 4.86. The number of rotatable bonds is 0. The zero-order valence-corrected chi connectivity index (χ0v) is 5.12. The van der Waals surface area contributed by atoms with E-state index in [9.17, 15) is 0 Å². The average molecular weight is 119 g/mol. The highest BCUT2D eigenvalue weighted by Gasteiger charge is 2.18. The molecule has 1 N–H and O–H groups in total. The van der Waals surface area contributed by atoms with E-state index in [1.165, 1.54) is 0 Å². The van der Waals surface area contributed by atoms with Gasteiger partial charge in [0.05, 0.1) is 0 Å². The summed E-state index contributed by atoms with van der Waals surface area (Å²) in [6.07, 6.45) is 12.8. The third kappa shape index (κ3) is 0.689. The van der Waals surface area contributed by atoms with Crippen molar-refractivity contribution >= 4 is 0 Å². The van der Waals surface area contributed by atoms with Crippen molar-refractivity contribution in [3.63, 3.8) is 0 Å². The molecule has 2 rings (SSSR count). The number of hydrogen-bond acceptors (Lipinski definition) is 1. The fourth-order valence-corrected chi connectivity index (χ4v) is 1.14. The second-order valence-corrected chi connectivity index (χ2v) is 2.42. The number of nitrogens with one attached hydrogen (secondary N) is 1. The Morgan fingerprint density at radius 3 is 1.78 bits per heavy atom. The monoisotopic (exact) mass is 119 g/mol. The van der Waals surface area contributed by atoms with E-state index in [4.69, 9.17) is 0 Å². The van der Waals surface area contributed by atoms with Crippen molar-refractivity contribution in [1.29, 1.82) is 0 Å². The molecular formula is C8H9N. The van der Waals surface area contributed by atoms with Gasteiger partial charge >= 0.3 is 0 Å². The Kier molecular flexibility index (Phi) is 0.950. The highest BCUT2D eigenvalue weighted by Crippen LogP contribution is 2.28. The Balaban J connectivity index is 2.24. The van der Waals surface area contributed by atoms with Gasteiger partial charge in [0.15, 0.2) is 0 Å². The van der Waals surface area contributed by atoms with Crippen LogP contribution in [0, 0.1) is 11.8 Å². The van der Waals surface area contributed by atoms with Gasteiger partial charge in [-0.05, 0) is 12.4 Å². The molecule has 1 nitrogen and oxygen atoms in total. The Labute approximate surface area is 54.8 Å². The summed E-state index contributed by atoms with van der Waals surface area (Å²) >= 11 is 0. The van der Waals surface area contributed by atoms with Crippen LogP contribution in [0.4, 0.5) is 0 Å². The lowest BCUT2D eigenvalue weighted by atomic mass is 9.83. The highest BCUT2D eigenvalue weighted by molar-refractivity contribution is 5.23. The van der Waals surface area contributed by atoms with E-state index in [1.54, 1.807) is 0 Å². The molecule has 1 heteroatoms. The first-order chi connectivity index (χ1) is 4.47. The topological polar surface area (TPSA) is 12.0 Å². The molecular weight excluding hydrogens is 110 g/mol. The van der Waals surface area contributed by atoms with Gasteiger partial charge < -0.3 is 5.32 Å². The van der Waals surface area contributed by atoms with E-state index >= 15 is 0 Å². The summed E-state index contributed by atoms with van der Waals surface area (Å²) in [5.41, 5.74) is 0. The fraction of sp³-hybridized carbons (Fsp3) is 0.250. The summed E-state index contributed by atoms with van der Waals surface area (Å²) in [4.78, 5) is 0. The third-order valence-electron chi connectivity index (χ3n) is 1.83. The van der Waals surface area contributed by atoms with Crippen molar-refractivity contribution in [2.75, 3.05) is 0 Å². The normalized spacial score (nSPS) is 36.4. The molecule has 2 atom stereocenters. The van der Waals surface area contributed by atoms with Crippen LogP contribution in [-0.2, 0) is 0 Å². The lowest BCUT2D eigenvalue weighted by Crippen LogP contribution is -2.12. The molecule has 0 aromatic rings. The van der Waals surface area contributed by atoms with E-state index < -0.39 is 0 Å². The molecule has 0 unspecified atom stereocenters. The molecule has 0 bridgehead atoms. The van der Waals surface area contributed by atoms with Crippen LogP contribution < -0.4 is 5.32 Å². The maximum atomic E-state index is 3.05. The van der Waals surface area contributed by atoms with Crippen LogP contribution in [0.1, 0.15) is 0 Å². The van der Waals surface area contributed by atoms with Gasteiger partial charge in [0.1, 0.15) is 0 Å². The molecule has 2 aliphatic rings. The predicted octanol–water partition coefficient (Wildman–Crippen LogP) is 1.42. The predicted molar refractivity (Wildman–Crippen MR) is 37.5 cm³/mol. The molecule has 46 valence electrons. The van der Waals surface area contributed by atoms with Crippen molar-refractivity contribution in [2.45, 2.75) is 0 Å². The summed E-state index contributed by atoms with van der Waals surface area (Å²) in [6, 6.07) is 0. The van der Waals surface area contributed by atoms with Crippen LogP contribution in [-0.4, -0.2) is 0 Å². The van der Waals surface area contributed by atoms with Crippen LogP contribution in [0.25, 0.3) is 0 Å². The van der Waals surface area contributed by atoms with Crippen molar-refractivity contribution in [3.8, 4) is 0 Å². The van der Waals surface area contributed by atoms with Gasteiger partial charge in [-0.3, -0.25) is 0 Å². The smallest absolute Gasteiger partial charge is 0.00623 e. The maximum absolute atomic E-state index is 3.05. The van der Waals surface area contributed by atoms with E-state index in [-0.39, 0.29) is 0 Å². The van der Waals surface area contributed by atoms with Crippen LogP contribution in [0.2, 0.25) is 0 Å². The van der Waals surface area contributed by atoms with Crippen LogP contribution in [0.3, 0.4) is 0 Å². The summed E-state index contributed by atoms with van der Waals surface area (Å²) in [5, 5.41) is 3.05. The Morgan fingerprint density at radius 1 is 0.778 bits per heavy atom. The van der Waals surface area contributed by atoms with Crippen molar-refractivity contribution in [1.82, 2.24) is 5.32 Å². The van der Waals surface area contributed by atoms with Crippen molar-refractivity contribution < 1.29 is 0 Å². The minimum atomic E-state index is 0.663. The molecule has 0 aromatic heterocycles. The Bertz CT molecular complexity index is 169. The van der Waals surface area contributed by atoms with Gasteiger partial charge in [-0.2, -0.15) is 0 Å². The molecule has 1 heterocycles. The molecule has 0 fully saturated rings. The lowest BCUT2D eigenvalue weighted by Gasteiger charge is -2.21. The van der Waals surface area contributed by atoms with E-state index in [1.807, 2.05) is 12.4 Å².